The third kappa shape index (κ3) is 5.40. The number of carbonyl (C=O) groups excluding carboxylic acids is 1. The minimum absolute atomic E-state index is 0.111. The summed E-state index contributed by atoms with van der Waals surface area (Å²) in [6, 6.07) is 10.4. The van der Waals surface area contributed by atoms with E-state index in [-0.39, 0.29) is 24.4 Å². The number of aryl methyl sites for hydroxylation is 1. The van der Waals surface area contributed by atoms with Crippen LogP contribution in [0, 0.1) is 0 Å². The van der Waals surface area contributed by atoms with Gasteiger partial charge in [-0.15, -0.1) is 0 Å². The number of carbonyl (C=O) groups is 1. The van der Waals surface area contributed by atoms with Gasteiger partial charge in [0.05, 0.1) is 38.6 Å². The summed E-state index contributed by atoms with van der Waals surface area (Å²) < 4.78 is 27.5. The van der Waals surface area contributed by atoms with Gasteiger partial charge in [0.2, 0.25) is 5.82 Å². The van der Waals surface area contributed by atoms with Crippen LogP contribution >= 0.6 is 0 Å². The van der Waals surface area contributed by atoms with E-state index >= 15 is 0 Å². The molecule has 182 valence electrons. The van der Waals surface area contributed by atoms with E-state index in [1.165, 1.54) is 25.1 Å². The highest BCUT2D eigenvalue weighted by Crippen LogP contribution is 2.29. The number of esters is 1. The second-order valence-corrected chi connectivity index (χ2v) is 7.48. The van der Waals surface area contributed by atoms with Gasteiger partial charge in [0, 0.05) is 24.6 Å². The fraction of sp³-hybridized carbons (Fsp3) is 0.292. The van der Waals surface area contributed by atoms with Crippen LogP contribution in [0.1, 0.15) is 18.7 Å². The summed E-state index contributed by atoms with van der Waals surface area (Å²) in [5.74, 6) is 1.78. The Labute approximate surface area is 200 Å². The molecule has 0 fully saturated rings. The van der Waals surface area contributed by atoms with E-state index in [0.29, 0.717) is 47.0 Å². The SMILES string of the molecule is COc1ccc(-c2nc(COC(=O)CCCn3cnc4cc(OC)c(OC)cc4c3=O)no2)cc1. The van der Waals surface area contributed by atoms with Gasteiger partial charge < -0.3 is 23.5 Å². The van der Waals surface area contributed by atoms with Crippen LogP contribution in [-0.4, -0.2) is 47.0 Å². The first-order valence-electron chi connectivity index (χ1n) is 10.8. The van der Waals surface area contributed by atoms with Gasteiger partial charge >= 0.3 is 5.97 Å². The van der Waals surface area contributed by atoms with Crippen LogP contribution in [0.3, 0.4) is 0 Å². The Morgan fingerprint density at radius 3 is 2.49 bits per heavy atom. The molecule has 0 aliphatic rings. The number of nitrogens with zero attached hydrogens (tertiary/aromatic N) is 4. The normalized spacial score (nSPS) is 10.8. The molecule has 0 saturated heterocycles. The van der Waals surface area contributed by atoms with Crippen LogP contribution in [0.5, 0.6) is 17.2 Å². The molecule has 0 aliphatic carbocycles. The number of hydrogen-bond donors (Lipinski definition) is 0. The molecule has 0 saturated carbocycles. The lowest BCUT2D eigenvalue weighted by atomic mass is 10.2. The van der Waals surface area contributed by atoms with Crippen molar-refractivity contribution in [3.05, 3.63) is 58.9 Å². The van der Waals surface area contributed by atoms with E-state index in [1.54, 1.807) is 43.5 Å². The molecule has 4 rings (SSSR count). The molecule has 11 heteroatoms. The Bertz CT molecular complexity index is 1380. The second kappa shape index (κ2) is 10.7. The summed E-state index contributed by atoms with van der Waals surface area (Å²) in [5, 5.41) is 4.23. The van der Waals surface area contributed by atoms with Crippen molar-refractivity contribution in [2.24, 2.45) is 0 Å². The van der Waals surface area contributed by atoms with Gasteiger partial charge in [-0.05, 0) is 36.8 Å². The zero-order valence-corrected chi connectivity index (χ0v) is 19.5. The fourth-order valence-electron chi connectivity index (χ4n) is 3.42. The van der Waals surface area contributed by atoms with Gasteiger partial charge in [0.1, 0.15) is 5.75 Å². The highest BCUT2D eigenvalue weighted by atomic mass is 16.5. The summed E-state index contributed by atoms with van der Waals surface area (Å²) in [7, 11) is 4.60. The maximum Gasteiger partial charge on any atom is 0.306 e. The maximum absolute atomic E-state index is 12.8. The minimum atomic E-state index is -0.436. The summed E-state index contributed by atoms with van der Waals surface area (Å²) >= 11 is 0. The number of fused-ring (bicyclic) bond motifs is 1. The van der Waals surface area contributed by atoms with E-state index < -0.39 is 5.97 Å². The van der Waals surface area contributed by atoms with Crippen molar-refractivity contribution in [2.45, 2.75) is 26.0 Å². The standard InChI is InChI=1S/C24H24N4O7/c1-31-16-8-6-15(7-9-16)23-26-21(27-35-23)13-34-22(29)5-4-10-28-14-25-18-12-20(33-3)19(32-2)11-17(18)24(28)30/h6-9,11-12,14H,4-5,10,13H2,1-3H3. The Morgan fingerprint density at radius 2 is 1.77 bits per heavy atom. The molecule has 0 N–H and O–H groups in total. The van der Waals surface area contributed by atoms with Crippen molar-refractivity contribution in [1.82, 2.24) is 19.7 Å². The molecule has 0 amide bonds. The summed E-state index contributed by atoms with van der Waals surface area (Å²) in [4.78, 5) is 33.5. The minimum Gasteiger partial charge on any atom is -0.497 e. The molecule has 0 aliphatic heterocycles. The van der Waals surface area contributed by atoms with Crippen LogP contribution in [0.2, 0.25) is 0 Å². The quantitative estimate of drug-likeness (QED) is 0.312. The van der Waals surface area contributed by atoms with E-state index in [1.807, 2.05) is 0 Å². The molecule has 35 heavy (non-hydrogen) atoms. The van der Waals surface area contributed by atoms with E-state index in [0.717, 1.165) is 5.56 Å². The van der Waals surface area contributed by atoms with E-state index in [2.05, 4.69) is 15.1 Å². The molecule has 0 spiro atoms. The predicted molar refractivity (Wildman–Crippen MR) is 124 cm³/mol. The van der Waals surface area contributed by atoms with Crippen molar-refractivity contribution in [3.8, 4) is 28.7 Å². The average Bonchev–Trinajstić information content (AvgIpc) is 3.37. The van der Waals surface area contributed by atoms with Crippen molar-refractivity contribution in [1.29, 1.82) is 0 Å². The van der Waals surface area contributed by atoms with E-state index in [4.69, 9.17) is 23.5 Å². The number of methoxy groups -OCH3 is 3. The van der Waals surface area contributed by atoms with Crippen molar-refractivity contribution >= 4 is 16.9 Å². The topological polar surface area (TPSA) is 128 Å². The van der Waals surface area contributed by atoms with Gasteiger partial charge in [-0.3, -0.25) is 14.2 Å². The van der Waals surface area contributed by atoms with Gasteiger partial charge in [-0.1, -0.05) is 5.16 Å². The molecule has 2 heterocycles. The number of ether oxygens (including phenoxy) is 4. The summed E-state index contributed by atoms with van der Waals surface area (Å²) in [6.07, 6.45) is 1.95. The molecular weight excluding hydrogens is 456 g/mol. The lowest BCUT2D eigenvalue weighted by molar-refractivity contribution is -0.145. The van der Waals surface area contributed by atoms with Crippen LogP contribution in [0.25, 0.3) is 22.4 Å². The second-order valence-electron chi connectivity index (χ2n) is 7.48. The summed E-state index contributed by atoms with van der Waals surface area (Å²) in [6.45, 7) is 0.187. The van der Waals surface area contributed by atoms with E-state index in [9.17, 15) is 9.59 Å². The molecule has 11 nitrogen and oxygen atoms in total. The largest absolute Gasteiger partial charge is 0.497 e. The third-order valence-corrected chi connectivity index (χ3v) is 5.28. The number of hydrogen-bond acceptors (Lipinski definition) is 10. The zero-order valence-electron chi connectivity index (χ0n) is 19.5. The lowest BCUT2D eigenvalue weighted by Gasteiger charge is -2.10. The lowest BCUT2D eigenvalue weighted by Crippen LogP contribution is -2.21. The molecular formula is C24H24N4O7. The molecule has 0 unspecified atom stereocenters. The first-order valence-corrected chi connectivity index (χ1v) is 10.8. The Morgan fingerprint density at radius 1 is 1.03 bits per heavy atom. The van der Waals surface area contributed by atoms with Crippen molar-refractivity contribution in [2.75, 3.05) is 21.3 Å². The number of rotatable bonds is 10. The van der Waals surface area contributed by atoms with Crippen LogP contribution in [0.4, 0.5) is 0 Å². The molecule has 2 aromatic heterocycles. The Balaban J connectivity index is 1.30. The van der Waals surface area contributed by atoms with Crippen LogP contribution in [-0.2, 0) is 22.7 Å². The Hall–Kier alpha value is -4.41. The van der Waals surface area contributed by atoms with Gasteiger partial charge in [0.25, 0.3) is 11.4 Å². The van der Waals surface area contributed by atoms with Crippen LogP contribution in [0.15, 0.2) is 52.0 Å². The monoisotopic (exact) mass is 480 g/mol. The number of aromatic nitrogens is 4. The number of benzene rings is 2. The third-order valence-electron chi connectivity index (χ3n) is 5.28. The first-order chi connectivity index (χ1) is 17.0. The van der Waals surface area contributed by atoms with Gasteiger partial charge in [0.15, 0.2) is 18.1 Å². The predicted octanol–water partition coefficient (Wildman–Crippen LogP) is 3.00. The smallest absolute Gasteiger partial charge is 0.306 e. The highest BCUT2D eigenvalue weighted by Gasteiger charge is 2.13. The molecule has 4 aromatic rings. The average molecular weight is 480 g/mol. The van der Waals surface area contributed by atoms with Crippen molar-refractivity contribution in [3.63, 3.8) is 0 Å². The summed E-state index contributed by atoms with van der Waals surface area (Å²) in [5.41, 5.74) is 0.987. The Kier molecular flexibility index (Phi) is 7.24. The first kappa shape index (κ1) is 23.7. The van der Waals surface area contributed by atoms with Gasteiger partial charge in [-0.2, -0.15) is 4.98 Å². The zero-order chi connectivity index (χ0) is 24.8. The molecule has 0 bridgehead atoms. The van der Waals surface area contributed by atoms with Crippen LogP contribution < -0.4 is 19.8 Å². The molecule has 2 aromatic carbocycles. The molecule has 0 radical (unpaired) electrons. The fourth-order valence-corrected chi connectivity index (χ4v) is 3.42. The highest BCUT2D eigenvalue weighted by molar-refractivity contribution is 5.81. The molecule has 0 atom stereocenters. The van der Waals surface area contributed by atoms with Crippen molar-refractivity contribution < 1.29 is 28.3 Å². The maximum atomic E-state index is 12.8. The van der Waals surface area contributed by atoms with Gasteiger partial charge in [-0.25, -0.2) is 4.98 Å².